The topological polar surface area (TPSA) is 71.3 Å². The second-order valence-corrected chi connectivity index (χ2v) is 10.3. The highest BCUT2D eigenvalue weighted by atomic mass is 35.5. The molecule has 1 aromatic heterocycles. The van der Waals surface area contributed by atoms with E-state index in [2.05, 4.69) is 33.3 Å². The molecular weight excluding hydrogens is 468 g/mol. The second-order valence-electron chi connectivity index (χ2n) is 8.74. The molecule has 1 saturated heterocycles. The number of carbonyl (C=O) groups is 1. The van der Waals surface area contributed by atoms with Crippen LogP contribution in [0.5, 0.6) is 0 Å². The first-order chi connectivity index (χ1) is 16.6. The van der Waals surface area contributed by atoms with Crippen molar-refractivity contribution in [1.82, 2.24) is 20.4 Å². The van der Waals surface area contributed by atoms with Gasteiger partial charge in [-0.3, -0.25) is 9.69 Å². The van der Waals surface area contributed by atoms with E-state index in [0.29, 0.717) is 24.8 Å². The molecular formula is C26H31ClN4O2S. The van der Waals surface area contributed by atoms with Crippen molar-refractivity contribution >= 4 is 29.3 Å². The quantitative estimate of drug-likeness (QED) is 0.380. The largest absolute Gasteiger partial charge is 0.356 e. The molecule has 1 unspecified atom stereocenters. The summed E-state index contributed by atoms with van der Waals surface area (Å²) in [6.45, 7) is 4.98. The van der Waals surface area contributed by atoms with Crippen molar-refractivity contribution in [2.45, 2.75) is 38.5 Å². The Balaban J connectivity index is 1.17. The summed E-state index contributed by atoms with van der Waals surface area (Å²) in [5.74, 6) is 3.23. The molecule has 8 heteroatoms. The van der Waals surface area contributed by atoms with E-state index in [0.717, 1.165) is 60.0 Å². The minimum absolute atomic E-state index is 0.00372. The summed E-state index contributed by atoms with van der Waals surface area (Å²) < 4.78 is 5.48. The van der Waals surface area contributed by atoms with Crippen LogP contribution in [0.2, 0.25) is 5.02 Å². The maximum absolute atomic E-state index is 12.7. The first-order valence-corrected chi connectivity index (χ1v) is 13.3. The van der Waals surface area contributed by atoms with Gasteiger partial charge in [-0.15, -0.1) is 0 Å². The summed E-state index contributed by atoms with van der Waals surface area (Å²) in [5, 5.41) is 8.06. The number of nitrogens with zero attached hydrogens (tertiary/aromatic N) is 3. The van der Waals surface area contributed by atoms with Crippen molar-refractivity contribution in [1.29, 1.82) is 0 Å². The first kappa shape index (κ1) is 24.8. The lowest BCUT2D eigenvalue weighted by Gasteiger charge is -2.30. The van der Waals surface area contributed by atoms with Crippen LogP contribution in [0.1, 0.15) is 36.3 Å². The van der Waals surface area contributed by atoms with Crippen LogP contribution in [-0.2, 0) is 17.1 Å². The number of benzene rings is 2. The lowest BCUT2D eigenvalue weighted by Crippen LogP contribution is -2.43. The average molecular weight is 499 g/mol. The molecule has 2 heterocycles. The second kappa shape index (κ2) is 12.4. The molecule has 1 amide bonds. The number of nitrogens with one attached hydrogen (secondary N) is 1. The number of hydrogen-bond donors (Lipinski definition) is 1. The maximum Gasteiger partial charge on any atom is 0.241 e. The number of amides is 1. The molecule has 0 spiro atoms. The zero-order valence-electron chi connectivity index (χ0n) is 19.5. The van der Waals surface area contributed by atoms with E-state index in [1.54, 1.807) is 0 Å². The molecule has 0 bridgehead atoms. The van der Waals surface area contributed by atoms with Crippen LogP contribution in [0, 0.1) is 12.8 Å². The third-order valence-corrected chi connectivity index (χ3v) is 7.45. The first-order valence-electron chi connectivity index (χ1n) is 11.8. The van der Waals surface area contributed by atoms with Gasteiger partial charge in [0.15, 0.2) is 0 Å². The smallest absolute Gasteiger partial charge is 0.241 e. The number of piperidine rings is 1. The monoisotopic (exact) mass is 498 g/mol. The predicted octanol–water partition coefficient (Wildman–Crippen LogP) is 5.35. The molecule has 1 aliphatic heterocycles. The lowest BCUT2D eigenvalue weighted by molar-refractivity contribution is -0.126. The molecule has 1 N–H and O–H groups in total. The van der Waals surface area contributed by atoms with Gasteiger partial charge in [0.05, 0.1) is 12.5 Å². The van der Waals surface area contributed by atoms with E-state index in [4.69, 9.17) is 16.1 Å². The SMILES string of the molecule is Cc1ccc(-c2noc(CN3CCCC(C(=O)NCCCSCc4ccccc4Cl)C3)n2)cc1. The van der Waals surface area contributed by atoms with E-state index < -0.39 is 0 Å². The Kier molecular flexibility index (Phi) is 9.02. The molecule has 0 radical (unpaired) electrons. The van der Waals surface area contributed by atoms with E-state index in [1.807, 2.05) is 54.2 Å². The van der Waals surface area contributed by atoms with Crippen LogP contribution >= 0.6 is 23.4 Å². The van der Waals surface area contributed by atoms with Crippen molar-refractivity contribution in [2.24, 2.45) is 5.92 Å². The van der Waals surface area contributed by atoms with Gasteiger partial charge in [-0.05, 0) is 50.1 Å². The molecule has 1 atom stereocenters. The van der Waals surface area contributed by atoms with Gasteiger partial charge in [0.25, 0.3) is 0 Å². The van der Waals surface area contributed by atoms with Crippen molar-refractivity contribution in [3.63, 3.8) is 0 Å². The molecule has 1 aliphatic rings. The van der Waals surface area contributed by atoms with Crippen molar-refractivity contribution in [3.8, 4) is 11.4 Å². The fourth-order valence-electron chi connectivity index (χ4n) is 4.07. The number of thioether (sulfide) groups is 1. The number of rotatable bonds is 10. The normalized spacial score (nSPS) is 16.5. The highest BCUT2D eigenvalue weighted by molar-refractivity contribution is 7.98. The van der Waals surface area contributed by atoms with Gasteiger partial charge in [0.2, 0.25) is 17.6 Å². The lowest BCUT2D eigenvalue weighted by atomic mass is 9.97. The Bertz CT molecular complexity index is 1070. The molecule has 4 rings (SSSR count). The summed E-state index contributed by atoms with van der Waals surface area (Å²) >= 11 is 8.04. The Morgan fingerprint density at radius 3 is 2.88 bits per heavy atom. The Hall–Kier alpha value is -2.35. The Morgan fingerprint density at radius 2 is 2.06 bits per heavy atom. The minimum Gasteiger partial charge on any atom is -0.356 e. The molecule has 180 valence electrons. The van der Waals surface area contributed by atoms with Gasteiger partial charge in [-0.25, -0.2) is 0 Å². The fraction of sp³-hybridized carbons (Fsp3) is 0.423. The van der Waals surface area contributed by atoms with E-state index in [1.165, 1.54) is 5.56 Å². The van der Waals surface area contributed by atoms with Gasteiger partial charge >= 0.3 is 0 Å². The average Bonchev–Trinajstić information content (AvgIpc) is 3.31. The van der Waals surface area contributed by atoms with Crippen LogP contribution in [0.25, 0.3) is 11.4 Å². The number of likely N-dealkylation sites (tertiary alicyclic amines) is 1. The van der Waals surface area contributed by atoms with Crippen LogP contribution in [0.15, 0.2) is 53.1 Å². The minimum atomic E-state index is 0.00372. The van der Waals surface area contributed by atoms with Gasteiger partial charge in [-0.2, -0.15) is 16.7 Å². The van der Waals surface area contributed by atoms with Crippen LogP contribution < -0.4 is 5.32 Å². The number of aromatic nitrogens is 2. The molecule has 3 aromatic rings. The number of halogens is 1. The van der Waals surface area contributed by atoms with Crippen LogP contribution in [0.4, 0.5) is 0 Å². The van der Waals surface area contributed by atoms with Crippen LogP contribution in [-0.4, -0.2) is 46.3 Å². The standard InChI is InChI=1S/C26H31ClN4O2S/c1-19-9-11-20(12-10-19)25-29-24(33-30-25)17-31-14-4-7-21(16-31)26(32)28-13-5-15-34-18-22-6-2-3-8-23(22)27/h2-3,6,8-12,21H,4-5,7,13-18H2,1H3,(H,28,32). The summed E-state index contributed by atoms with van der Waals surface area (Å²) in [4.78, 5) is 19.5. The highest BCUT2D eigenvalue weighted by Gasteiger charge is 2.26. The van der Waals surface area contributed by atoms with Gasteiger partial charge < -0.3 is 9.84 Å². The molecule has 0 aliphatic carbocycles. The van der Waals surface area contributed by atoms with Crippen molar-refractivity contribution < 1.29 is 9.32 Å². The zero-order chi connectivity index (χ0) is 23.8. The Labute approximate surface area is 210 Å². The third-order valence-electron chi connectivity index (χ3n) is 5.99. The van der Waals surface area contributed by atoms with Gasteiger partial charge in [0.1, 0.15) is 0 Å². The third kappa shape index (κ3) is 7.08. The summed E-state index contributed by atoms with van der Waals surface area (Å²) in [6, 6.07) is 16.0. The number of aryl methyl sites for hydroxylation is 1. The molecule has 34 heavy (non-hydrogen) atoms. The maximum atomic E-state index is 12.7. The van der Waals surface area contributed by atoms with Crippen LogP contribution in [0.3, 0.4) is 0 Å². The van der Waals surface area contributed by atoms with Gasteiger partial charge in [0, 0.05) is 29.4 Å². The summed E-state index contributed by atoms with van der Waals surface area (Å²) in [5.41, 5.74) is 3.30. The molecule has 2 aromatic carbocycles. The molecule has 0 saturated carbocycles. The zero-order valence-corrected chi connectivity index (χ0v) is 21.1. The van der Waals surface area contributed by atoms with E-state index >= 15 is 0 Å². The van der Waals surface area contributed by atoms with E-state index in [9.17, 15) is 4.79 Å². The number of hydrogen-bond acceptors (Lipinski definition) is 6. The fourth-order valence-corrected chi connectivity index (χ4v) is 5.32. The van der Waals surface area contributed by atoms with Gasteiger partial charge in [-0.1, -0.05) is 64.8 Å². The molecule has 6 nitrogen and oxygen atoms in total. The van der Waals surface area contributed by atoms with E-state index in [-0.39, 0.29) is 11.8 Å². The highest BCUT2D eigenvalue weighted by Crippen LogP contribution is 2.22. The van der Waals surface area contributed by atoms with Crippen molar-refractivity contribution in [2.75, 3.05) is 25.4 Å². The molecule has 1 fully saturated rings. The predicted molar refractivity (Wildman–Crippen MR) is 138 cm³/mol. The van der Waals surface area contributed by atoms with Crippen molar-refractivity contribution in [3.05, 3.63) is 70.6 Å². The Morgan fingerprint density at radius 1 is 1.24 bits per heavy atom. The summed E-state index contributed by atoms with van der Waals surface area (Å²) in [7, 11) is 0. The number of carbonyl (C=O) groups excluding carboxylic acids is 1. The summed E-state index contributed by atoms with van der Waals surface area (Å²) in [6.07, 6.45) is 2.85.